The van der Waals surface area contributed by atoms with Crippen molar-refractivity contribution in [1.29, 1.82) is 10.8 Å². The quantitative estimate of drug-likeness (QED) is 0.0369. The van der Waals surface area contributed by atoms with E-state index in [9.17, 15) is 10.8 Å². The Morgan fingerprint density at radius 1 is 0.419 bits per heavy atom. The minimum Gasteiger partial charge on any atom is -0.491 e. The zero-order valence-electron chi connectivity index (χ0n) is 33.7. The van der Waals surface area contributed by atoms with Crippen LogP contribution < -0.4 is 20.2 Å². The predicted molar refractivity (Wildman–Crippen MR) is 260 cm³/mol. The van der Waals surface area contributed by atoms with Gasteiger partial charge in [0, 0.05) is 42.7 Å². The van der Waals surface area contributed by atoms with Crippen LogP contribution in [0.3, 0.4) is 0 Å². The van der Waals surface area contributed by atoms with Crippen LogP contribution in [0.25, 0.3) is 33.7 Å². The monoisotopic (exact) mass is 1140 g/mol. The third-order valence-electron chi connectivity index (χ3n) is 8.94. The van der Waals surface area contributed by atoms with Crippen LogP contribution in [0.1, 0.15) is 9.75 Å². The van der Waals surface area contributed by atoms with Gasteiger partial charge in [0.25, 0.3) is 0 Å². The van der Waals surface area contributed by atoms with E-state index in [1.54, 1.807) is 0 Å². The van der Waals surface area contributed by atoms with Crippen molar-refractivity contribution < 1.29 is 37.9 Å². The molecule has 3 aromatic heterocycles. The van der Waals surface area contributed by atoms with Crippen molar-refractivity contribution in [3.63, 3.8) is 0 Å². The lowest BCUT2D eigenvalue weighted by atomic mass is 9.91. The van der Waals surface area contributed by atoms with Gasteiger partial charge in [-0.3, -0.25) is 10.8 Å². The number of hydrogen-bond donors (Lipinski definition) is 2. The van der Waals surface area contributed by atoms with E-state index < -0.39 is 0 Å². The minimum absolute atomic E-state index is 0.0877. The van der Waals surface area contributed by atoms with E-state index in [1.807, 2.05) is 72.8 Å². The molecule has 5 aromatic rings. The molecule has 0 amide bonds. The van der Waals surface area contributed by atoms with Crippen molar-refractivity contribution in [3.8, 4) is 34.0 Å². The number of nitrogens with zero attached hydrogens (tertiary/aromatic N) is 2. The molecule has 18 heteroatoms. The summed E-state index contributed by atoms with van der Waals surface area (Å²) in [7, 11) is 0. The van der Waals surface area contributed by atoms with Gasteiger partial charge in [0.1, 0.15) is 35.4 Å². The predicted octanol–water partition coefficient (Wildman–Crippen LogP) is 8.56. The van der Waals surface area contributed by atoms with Crippen LogP contribution in [0, 0.1) is 10.8 Å². The number of alkyl halides is 2. The molecule has 1 aliphatic rings. The Bertz CT molecular complexity index is 2180. The normalized spacial score (nSPS) is 12.6. The number of rotatable bonds is 28. The first kappa shape index (κ1) is 48.7. The lowest BCUT2D eigenvalue weighted by Gasteiger charge is -2.19. The first-order valence-electron chi connectivity index (χ1n) is 19.8. The second-order valence-electron chi connectivity index (χ2n) is 13.1. The molecule has 0 saturated heterocycles. The summed E-state index contributed by atoms with van der Waals surface area (Å²) in [6, 6.07) is 23.2. The van der Waals surface area contributed by atoms with Crippen LogP contribution in [-0.4, -0.2) is 125 Å². The number of hydrogen-bond acceptors (Lipinski definition) is 14. The highest BCUT2D eigenvalue weighted by Crippen LogP contribution is 2.34. The summed E-state index contributed by atoms with van der Waals surface area (Å²) in [5.41, 5.74) is 4.16. The van der Waals surface area contributed by atoms with E-state index in [-0.39, 0.29) is 11.4 Å². The van der Waals surface area contributed by atoms with Gasteiger partial charge < -0.3 is 37.9 Å². The van der Waals surface area contributed by atoms with Gasteiger partial charge in [0.2, 0.25) is 0 Å². The van der Waals surface area contributed by atoms with Gasteiger partial charge in [-0.05, 0) is 105 Å². The Balaban J connectivity index is 1.24. The summed E-state index contributed by atoms with van der Waals surface area (Å²) in [5.74, 6) is 1.37. The molecule has 330 valence electrons. The summed E-state index contributed by atoms with van der Waals surface area (Å²) < 4.78 is 47.1. The maximum absolute atomic E-state index is 9.32. The zero-order chi connectivity index (χ0) is 43.5. The van der Waals surface area contributed by atoms with E-state index in [0.717, 1.165) is 39.1 Å². The molecule has 0 aliphatic heterocycles. The van der Waals surface area contributed by atoms with Crippen LogP contribution in [-0.2, 0) is 28.4 Å². The van der Waals surface area contributed by atoms with Crippen molar-refractivity contribution in [1.82, 2.24) is 9.97 Å². The van der Waals surface area contributed by atoms with Gasteiger partial charge in [0.15, 0.2) is 0 Å². The summed E-state index contributed by atoms with van der Waals surface area (Å²) in [6.45, 7) is 6.98. The Morgan fingerprint density at radius 3 is 1.05 bits per heavy atom. The van der Waals surface area contributed by atoms with Crippen LogP contribution in [0.15, 0.2) is 80.4 Å². The molecule has 0 fully saturated rings. The van der Waals surface area contributed by atoms with Crippen molar-refractivity contribution in [3.05, 3.63) is 101 Å². The maximum atomic E-state index is 9.32. The van der Waals surface area contributed by atoms with Crippen LogP contribution in [0.4, 0.5) is 0 Å². The van der Waals surface area contributed by atoms with E-state index >= 15 is 0 Å². The third-order valence-corrected chi connectivity index (χ3v) is 12.9. The highest BCUT2D eigenvalue weighted by Gasteiger charge is 2.29. The summed E-state index contributed by atoms with van der Waals surface area (Å²) in [5, 5.41) is 21.3. The zero-order valence-corrected chi connectivity index (χ0v) is 41.7. The fraction of sp³-hybridized carbons (Fsp3) is 0.364. The van der Waals surface area contributed by atoms with E-state index in [0.29, 0.717) is 137 Å². The average molecular weight is 1140 g/mol. The molecule has 12 nitrogen and oxygen atoms in total. The van der Waals surface area contributed by atoms with Crippen molar-refractivity contribution in [2.24, 2.45) is 0 Å². The van der Waals surface area contributed by atoms with Gasteiger partial charge in [0.05, 0.1) is 110 Å². The summed E-state index contributed by atoms with van der Waals surface area (Å²) >= 11 is 16.8. The van der Waals surface area contributed by atoms with Crippen LogP contribution in [0.5, 0.6) is 11.5 Å². The minimum atomic E-state index is 0.0877. The molecule has 0 unspecified atom stereocenters. The SMILES string of the molecule is N=C1C(=N)C(c2ccc(Br)s2)=c2nc(-c3ccc(OCCOCCOCCOCCBr)cc3)c(-c3ccc(OCCOCCOCCOCCBr)cc3)nc2=C1c1ccc(Br)s1. The lowest BCUT2D eigenvalue weighted by molar-refractivity contribution is 0.0119. The second-order valence-corrected chi connectivity index (χ2v) is 19.6. The molecule has 0 atom stereocenters. The van der Waals surface area contributed by atoms with Crippen LogP contribution in [0.2, 0.25) is 0 Å². The standard InChI is InChI=1S/C44H46Br4N4O8S2/c45-13-15-53-17-19-55-21-23-57-25-27-59-31-5-1-29(2-6-31)41-42(30-3-7-32(8-4-30)60-28-26-58-24-22-56-20-18-54-16-14-46)52-44-38(34-10-12-36(48)62-34)40(50)39(49)37(43(44)51-41)33-9-11-35(47)61-33/h1-12,49-50H,13-28H2. The van der Waals surface area contributed by atoms with Gasteiger partial charge in [-0.2, -0.15) is 0 Å². The molecule has 3 heterocycles. The Labute approximate surface area is 402 Å². The van der Waals surface area contributed by atoms with Gasteiger partial charge in [-0.1, -0.05) is 31.9 Å². The molecule has 0 bridgehead atoms. The van der Waals surface area contributed by atoms with Gasteiger partial charge >= 0.3 is 0 Å². The fourth-order valence-electron chi connectivity index (χ4n) is 6.10. The molecule has 2 N–H and O–H groups in total. The average Bonchev–Trinajstić information content (AvgIpc) is 3.92. The van der Waals surface area contributed by atoms with Crippen molar-refractivity contribution in [2.75, 3.05) is 103 Å². The first-order chi connectivity index (χ1) is 30.4. The second kappa shape index (κ2) is 26.3. The Hall–Kier alpha value is -2.72. The van der Waals surface area contributed by atoms with E-state index in [2.05, 4.69) is 63.7 Å². The third kappa shape index (κ3) is 14.1. The van der Waals surface area contributed by atoms with Crippen LogP contribution >= 0.6 is 86.4 Å². The molecule has 6 rings (SSSR count). The summed E-state index contributed by atoms with van der Waals surface area (Å²) in [4.78, 5) is 12.4. The molecular formula is C44H46Br4N4O8S2. The number of benzene rings is 2. The van der Waals surface area contributed by atoms with E-state index in [1.165, 1.54) is 22.7 Å². The molecule has 62 heavy (non-hydrogen) atoms. The number of nitrogens with one attached hydrogen (secondary N) is 2. The lowest BCUT2D eigenvalue weighted by Crippen LogP contribution is -2.45. The number of thiophene rings is 2. The fourth-order valence-corrected chi connectivity index (χ4v) is 9.43. The molecule has 2 aromatic carbocycles. The van der Waals surface area contributed by atoms with Gasteiger partial charge in [-0.25, -0.2) is 9.97 Å². The Morgan fingerprint density at radius 2 is 0.742 bits per heavy atom. The molecule has 0 radical (unpaired) electrons. The molecule has 0 spiro atoms. The highest BCUT2D eigenvalue weighted by molar-refractivity contribution is 9.11. The molecule has 1 aliphatic carbocycles. The van der Waals surface area contributed by atoms with E-state index in [4.69, 9.17) is 47.9 Å². The summed E-state index contributed by atoms with van der Waals surface area (Å²) in [6.07, 6.45) is 0. The van der Waals surface area contributed by atoms with Gasteiger partial charge in [-0.15, -0.1) is 22.7 Å². The maximum Gasteiger partial charge on any atom is 0.119 e. The highest BCUT2D eigenvalue weighted by atomic mass is 79.9. The Kier molecular flexibility index (Phi) is 20.7. The largest absolute Gasteiger partial charge is 0.491 e. The first-order valence-corrected chi connectivity index (χ1v) is 25.2. The molecular weight excluding hydrogens is 1100 g/mol. The van der Waals surface area contributed by atoms with Crippen molar-refractivity contribution in [2.45, 2.75) is 0 Å². The van der Waals surface area contributed by atoms with Crippen molar-refractivity contribution >= 4 is 109 Å². The number of ether oxygens (including phenoxy) is 8. The molecule has 0 saturated carbocycles. The topological polar surface area (TPSA) is 147 Å². The number of halogens is 4. The number of aromatic nitrogens is 2. The number of fused-ring (bicyclic) bond motifs is 1. The smallest absolute Gasteiger partial charge is 0.119 e.